The summed E-state index contributed by atoms with van der Waals surface area (Å²) in [5.74, 6) is -4.64. The van der Waals surface area contributed by atoms with Crippen LogP contribution in [-0.2, 0) is 9.53 Å². The number of hydrogen-bond donors (Lipinski definition) is 1. The summed E-state index contributed by atoms with van der Waals surface area (Å²) < 4.78 is 20.5. The van der Waals surface area contributed by atoms with Gasteiger partial charge in [-0.3, -0.25) is 34.7 Å². The van der Waals surface area contributed by atoms with Crippen LogP contribution in [0.1, 0.15) is 62.6 Å². The van der Waals surface area contributed by atoms with Crippen molar-refractivity contribution in [3.8, 4) is 0 Å². The summed E-state index contributed by atoms with van der Waals surface area (Å²) in [5.41, 5.74) is -0.421. The fourth-order valence-corrected chi connectivity index (χ4v) is 6.92. The Labute approximate surface area is 284 Å². The Kier molecular flexibility index (Phi) is 10.1. The molecule has 4 atom stereocenters. The molecule has 0 radical (unpaired) electrons. The highest BCUT2D eigenvalue weighted by Crippen LogP contribution is 2.46. The van der Waals surface area contributed by atoms with Crippen LogP contribution in [0.25, 0.3) is 0 Å². The summed E-state index contributed by atoms with van der Waals surface area (Å²) in [6.07, 6.45) is 0.935. The fraction of sp³-hybridized carbons (Fsp3) is 0.364. The Morgan fingerprint density at radius 1 is 1.04 bits per heavy atom. The van der Waals surface area contributed by atoms with Crippen LogP contribution in [0, 0.1) is 45.8 Å². The van der Waals surface area contributed by atoms with E-state index in [0.717, 1.165) is 26.0 Å². The van der Waals surface area contributed by atoms with E-state index in [9.17, 15) is 34.6 Å². The number of aryl methyl sites for hydroxylation is 1. The molecule has 0 aromatic heterocycles. The third kappa shape index (κ3) is 6.75. The van der Waals surface area contributed by atoms with Crippen LogP contribution in [0.2, 0.25) is 10.0 Å². The van der Waals surface area contributed by atoms with E-state index in [0.29, 0.717) is 16.3 Å². The zero-order chi connectivity index (χ0) is 35.0. The number of benzene rings is 3. The fourth-order valence-electron chi connectivity index (χ4n) is 6.56. The van der Waals surface area contributed by atoms with Gasteiger partial charge in [0.25, 0.3) is 5.69 Å². The number of ketones is 1. The average molecular weight is 702 g/mol. The number of hydrogen-bond acceptors (Lipinski definition) is 9. The maximum atomic E-state index is 15.7. The van der Waals surface area contributed by atoms with Crippen molar-refractivity contribution < 1.29 is 33.4 Å². The van der Waals surface area contributed by atoms with Gasteiger partial charge < -0.3 is 10.1 Å². The molecule has 5 rings (SSSR count). The lowest BCUT2D eigenvalue weighted by atomic mass is 9.84. The summed E-state index contributed by atoms with van der Waals surface area (Å²) in [7, 11) is 1.11. The quantitative estimate of drug-likeness (QED) is 0.101. The highest BCUT2D eigenvalue weighted by Gasteiger charge is 2.60. The Morgan fingerprint density at radius 2 is 1.73 bits per heavy atom. The Bertz CT molecular complexity index is 1840. The van der Waals surface area contributed by atoms with Crippen molar-refractivity contribution in [1.82, 2.24) is 4.90 Å². The molecule has 3 aromatic rings. The first-order valence-electron chi connectivity index (χ1n) is 15.0. The van der Waals surface area contributed by atoms with Crippen molar-refractivity contribution in [3.05, 3.63) is 112 Å². The van der Waals surface area contributed by atoms with Gasteiger partial charge in [0.05, 0.1) is 40.1 Å². The minimum absolute atomic E-state index is 0.0529. The van der Waals surface area contributed by atoms with Crippen molar-refractivity contribution in [2.75, 3.05) is 19.0 Å². The molecule has 0 bridgehead atoms. The van der Waals surface area contributed by atoms with Gasteiger partial charge in [-0.25, -0.2) is 9.18 Å². The number of Topliss-reactive ketones (excluding diaryl/α,β-unsaturated/α-hetero) is 1. The lowest BCUT2D eigenvalue weighted by Gasteiger charge is -2.30. The lowest BCUT2D eigenvalue weighted by molar-refractivity contribution is -0.527. The average Bonchev–Trinajstić information content (AvgIpc) is 3.80. The first-order valence-corrected chi connectivity index (χ1v) is 15.8. The molecule has 2 fully saturated rings. The number of halogens is 3. The smallest absolute Gasteiger partial charge is 0.338 e. The molecular formula is C33H31Cl2FN4O8. The Balaban J connectivity index is 1.64. The standard InChI is InChI=1S/C33H31Cl2FN4O8/c1-16-7-10-19(34)13-24(16)37-32(42)31-27(22-5-4-6-23(35)28(22)36)30(40(46)47)25(38(31)15-18-8-9-18)14-26(41)21-12-11-20(33(43)48-3)17(2)29(21)39(44)45/h4-7,10-13,18,25,27,30-31H,8-9,14-15H2,1-3H3,(H,37,42)/t25-,27-,30+,31+/m0/s1. The molecule has 0 unspecified atom stereocenters. The number of carbonyl (C=O) groups excluding carboxylic acids is 3. The molecule has 12 nitrogen and oxygen atoms in total. The number of nitrogens with zero attached hydrogens (tertiary/aromatic N) is 3. The van der Waals surface area contributed by atoms with Crippen LogP contribution in [0.15, 0.2) is 48.5 Å². The van der Waals surface area contributed by atoms with E-state index in [1.54, 1.807) is 24.0 Å². The molecule has 15 heteroatoms. The zero-order valence-electron chi connectivity index (χ0n) is 26.1. The monoisotopic (exact) mass is 700 g/mol. The third-order valence-corrected chi connectivity index (χ3v) is 9.60. The van der Waals surface area contributed by atoms with E-state index in [1.807, 2.05) is 0 Å². The first kappa shape index (κ1) is 34.9. The van der Waals surface area contributed by atoms with E-state index in [-0.39, 0.29) is 39.7 Å². The number of likely N-dealkylation sites (tertiary alicyclic amines) is 1. The molecule has 0 spiro atoms. The summed E-state index contributed by atoms with van der Waals surface area (Å²) in [4.78, 5) is 65.7. The Hall–Kier alpha value is -4.46. The molecule has 1 N–H and O–H groups in total. The van der Waals surface area contributed by atoms with Gasteiger partial charge in [-0.05, 0) is 68.5 Å². The van der Waals surface area contributed by atoms with Crippen molar-refractivity contribution >= 4 is 52.2 Å². The molecule has 1 aliphatic carbocycles. The second kappa shape index (κ2) is 14.0. The molecule has 2 aliphatic rings. The number of nitro groups is 2. The highest BCUT2D eigenvalue weighted by atomic mass is 35.5. The molecule has 1 aliphatic heterocycles. The molecule has 1 heterocycles. The lowest BCUT2D eigenvalue weighted by Crippen LogP contribution is -2.47. The largest absolute Gasteiger partial charge is 0.465 e. The number of rotatable bonds is 11. The topological polar surface area (TPSA) is 162 Å². The molecular weight excluding hydrogens is 670 g/mol. The number of anilines is 1. The van der Waals surface area contributed by atoms with Gasteiger partial charge in [-0.2, -0.15) is 0 Å². The van der Waals surface area contributed by atoms with Gasteiger partial charge in [0.15, 0.2) is 5.78 Å². The first-order chi connectivity index (χ1) is 22.7. The van der Waals surface area contributed by atoms with E-state index in [1.165, 1.54) is 37.3 Å². The molecule has 1 saturated heterocycles. The zero-order valence-corrected chi connectivity index (χ0v) is 27.6. The number of esters is 1. The highest BCUT2D eigenvalue weighted by molar-refractivity contribution is 6.31. The SMILES string of the molecule is COC(=O)c1ccc(C(=O)C[C@H]2[C@@H]([N+](=O)[O-])[C@H](c3cccc(Cl)c3F)[C@H](C(=O)Nc3cc(Cl)ccc3C)N2CC2CC2)c([N+](=O)[O-])c1C. The van der Waals surface area contributed by atoms with Gasteiger partial charge in [0, 0.05) is 39.7 Å². The summed E-state index contributed by atoms with van der Waals surface area (Å²) in [6, 6.07) is 6.87. The molecule has 1 saturated carbocycles. The van der Waals surface area contributed by atoms with Gasteiger partial charge in [-0.15, -0.1) is 0 Å². The second-order valence-corrected chi connectivity index (χ2v) is 12.9. The normalized spacial score (nSPS) is 20.7. The molecule has 252 valence electrons. The maximum Gasteiger partial charge on any atom is 0.338 e. The summed E-state index contributed by atoms with van der Waals surface area (Å²) in [5, 5.41) is 28.0. The number of nitro benzene ring substituents is 1. The molecule has 3 aromatic carbocycles. The van der Waals surface area contributed by atoms with Gasteiger partial charge in [0.1, 0.15) is 11.9 Å². The van der Waals surface area contributed by atoms with Crippen molar-refractivity contribution in [1.29, 1.82) is 0 Å². The number of amides is 1. The van der Waals surface area contributed by atoms with Crippen molar-refractivity contribution in [2.45, 2.75) is 57.2 Å². The van der Waals surface area contributed by atoms with Crippen LogP contribution < -0.4 is 5.32 Å². The maximum absolute atomic E-state index is 15.7. The van der Waals surface area contributed by atoms with Crippen LogP contribution in [0.3, 0.4) is 0 Å². The van der Waals surface area contributed by atoms with Crippen LogP contribution >= 0.6 is 23.2 Å². The van der Waals surface area contributed by atoms with Gasteiger partial charge in [0.2, 0.25) is 11.9 Å². The van der Waals surface area contributed by atoms with Gasteiger partial charge in [-0.1, -0.05) is 41.4 Å². The van der Waals surface area contributed by atoms with Crippen molar-refractivity contribution in [2.24, 2.45) is 5.92 Å². The van der Waals surface area contributed by atoms with Gasteiger partial charge >= 0.3 is 5.97 Å². The predicted octanol–water partition coefficient (Wildman–Crippen LogP) is 6.55. The van der Waals surface area contributed by atoms with Crippen LogP contribution in [0.5, 0.6) is 0 Å². The number of ether oxygens (including phenoxy) is 1. The van der Waals surface area contributed by atoms with E-state index in [4.69, 9.17) is 27.9 Å². The number of nitrogens with one attached hydrogen (secondary N) is 1. The van der Waals surface area contributed by atoms with Crippen LogP contribution in [0.4, 0.5) is 15.8 Å². The number of carbonyl (C=O) groups is 3. The molecule has 48 heavy (non-hydrogen) atoms. The number of methoxy groups -OCH3 is 1. The van der Waals surface area contributed by atoms with E-state index >= 15 is 4.39 Å². The minimum atomic E-state index is -1.70. The second-order valence-electron chi connectivity index (χ2n) is 12.1. The van der Waals surface area contributed by atoms with E-state index in [2.05, 4.69) is 5.32 Å². The minimum Gasteiger partial charge on any atom is -0.465 e. The van der Waals surface area contributed by atoms with E-state index < -0.39 is 69.5 Å². The molecule has 1 amide bonds. The summed E-state index contributed by atoms with van der Waals surface area (Å²) in [6.45, 7) is 3.21. The Morgan fingerprint density at radius 3 is 2.35 bits per heavy atom. The third-order valence-electron chi connectivity index (χ3n) is 9.08. The summed E-state index contributed by atoms with van der Waals surface area (Å²) >= 11 is 12.3. The predicted molar refractivity (Wildman–Crippen MR) is 175 cm³/mol. The van der Waals surface area contributed by atoms with Crippen LogP contribution in [-0.4, -0.2) is 64.2 Å². The van der Waals surface area contributed by atoms with Crippen molar-refractivity contribution in [3.63, 3.8) is 0 Å².